The maximum absolute atomic E-state index is 14.6. The number of hydrogen-bond donors (Lipinski definition) is 3. The van der Waals surface area contributed by atoms with E-state index in [1.807, 2.05) is 48.5 Å². The molecule has 218 valence electrons. The Hall–Kier alpha value is -5.02. The second kappa shape index (κ2) is 11.0. The number of rotatable bonds is 6. The van der Waals surface area contributed by atoms with E-state index in [0.717, 1.165) is 16.7 Å². The number of pyridine rings is 1. The number of nitrogens with zero attached hydrogens (tertiary/aromatic N) is 2. The van der Waals surface area contributed by atoms with Gasteiger partial charge < -0.3 is 14.8 Å². The molecular formula is C34H32N4O5. The van der Waals surface area contributed by atoms with E-state index in [0.29, 0.717) is 23.2 Å². The van der Waals surface area contributed by atoms with E-state index in [1.165, 1.54) is 4.90 Å². The molecule has 0 saturated heterocycles. The number of fused-ring (bicyclic) bond motifs is 2. The van der Waals surface area contributed by atoms with Crippen LogP contribution in [0.3, 0.4) is 0 Å². The van der Waals surface area contributed by atoms with Gasteiger partial charge in [-0.1, -0.05) is 69.3 Å². The Labute approximate surface area is 248 Å². The minimum atomic E-state index is -1.18. The first-order valence-electron chi connectivity index (χ1n) is 14.1. The average Bonchev–Trinajstić information content (AvgIpc) is 3.53. The molecule has 0 bridgehead atoms. The number of aromatic amines is 1. The van der Waals surface area contributed by atoms with Crippen LogP contribution in [0.15, 0.2) is 100 Å². The molecule has 3 N–H and O–H groups in total. The van der Waals surface area contributed by atoms with Crippen LogP contribution in [0.25, 0.3) is 11.1 Å². The topological polar surface area (TPSA) is 129 Å². The predicted octanol–water partition coefficient (Wildman–Crippen LogP) is 4.98. The minimum absolute atomic E-state index is 0.0966. The molecule has 9 nitrogen and oxygen atoms in total. The van der Waals surface area contributed by atoms with E-state index in [9.17, 15) is 19.5 Å². The molecule has 5 aromatic rings. The van der Waals surface area contributed by atoms with Crippen LogP contribution < -0.4 is 16.0 Å². The summed E-state index contributed by atoms with van der Waals surface area (Å²) >= 11 is 0. The smallest absolute Gasteiger partial charge is 0.407 e. The van der Waals surface area contributed by atoms with Gasteiger partial charge in [0.25, 0.3) is 5.91 Å². The number of aliphatic hydroxyl groups excluding tert-OH is 1. The third kappa shape index (κ3) is 5.35. The average molecular weight is 577 g/mol. The number of nitrogens with one attached hydrogen (secondary N) is 2. The van der Waals surface area contributed by atoms with Crippen molar-refractivity contribution < 1.29 is 19.1 Å². The number of hydrogen-bond acceptors (Lipinski definition) is 6. The Morgan fingerprint density at radius 1 is 1.02 bits per heavy atom. The van der Waals surface area contributed by atoms with E-state index >= 15 is 0 Å². The van der Waals surface area contributed by atoms with E-state index in [-0.39, 0.29) is 16.6 Å². The van der Waals surface area contributed by atoms with Crippen molar-refractivity contribution in [3.8, 4) is 0 Å². The maximum atomic E-state index is 14.6. The van der Waals surface area contributed by atoms with E-state index in [4.69, 9.17) is 4.42 Å². The number of aliphatic hydroxyl groups is 1. The van der Waals surface area contributed by atoms with Gasteiger partial charge in [0.1, 0.15) is 6.04 Å². The lowest BCUT2D eigenvalue weighted by molar-refractivity contribution is -0.124. The van der Waals surface area contributed by atoms with E-state index in [2.05, 4.69) is 36.1 Å². The summed E-state index contributed by atoms with van der Waals surface area (Å²) in [5.74, 6) is -1.73. The Balaban J connectivity index is 1.50. The number of carbonyl (C=O) groups excluding carboxylic acids is 2. The molecule has 1 aliphatic rings. The number of H-pyrrole nitrogens is 1. The van der Waals surface area contributed by atoms with Crippen LogP contribution in [0.1, 0.15) is 65.5 Å². The van der Waals surface area contributed by atoms with Crippen molar-refractivity contribution in [3.63, 3.8) is 0 Å². The lowest BCUT2D eigenvalue weighted by Crippen LogP contribution is -2.46. The zero-order valence-corrected chi connectivity index (χ0v) is 24.1. The fourth-order valence-electron chi connectivity index (χ4n) is 5.71. The summed E-state index contributed by atoms with van der Waals surface area (Å²) in [6.45, 7) is 6.28. The van der Waals surface area contributed by atoms with Gasteiger partial charge in [-0.05, 0) is 52.4 Å². The van der Waals surface area contributed by atoms with Gasteiger partial charge in [0.2, 0.25) is 5.91 Å². The first-order valence-corrected chi connectivity index (χ1v) is 14.1. The van der Waals surface area contributed by atoms with Crippen molar-refractivity contribution in [2.75, 3.05) is 4.90 Å². The van der Waals surface area contributed by atoms with Crippen LogP contribution in [-0.2, 0) is 16.6 Å². The summed E-state index contributed by atoms with van der Waals surface area (Å²) in [6, 6.07) is 21.5. The standard InChI is InChI=1S/C34H32N4O5/c1-34(2,3)22-13-15-23(16-14-22)38(32(41)25-11-6-12-26-30(25)43-33(42)36-26)29(21-9-7-17-35-19-21)31(40)37-28-24-10-5-4-8-20(24)18-27(28)39/h4-17,19,27-29,39H,18H2,1-3H3,(H,36,42)(H,37,40)/t27-,28+,29?/m0/s1. The van der Waals surface area contributed by atoms with Crippen molar-refractivity contribution in [1.82, 2.24) is 15.3 Å². The Bertz CT molecular complexity index is 1850. The normalized spacial score (nSPS) is 16.9. The highest BCUT2D eigenvalue weighted by Crippen LogP contribution is 2.36. The molecule has 0 aliphatic heterocycles. The van der Waals surface area contributed by atoms with Crippen molar-refractivity contribution in [2.24, 2.45) is 0 Å². The highest BCUT2D eigenvalue weighted by Gasteiger charge is 2.39. The first kappa shape index (κ1) is 28.1. The number of benzene rings is 3. The highest BCUT2D eigenvalue weighted by molar-refractivity contribution is 6.15. The quantitative estimate of drug-likeness (QED) is 0.262. The summed E-state index contributed by atoms with van der Waals surface area (Å²) in [5, 5.41) is 14.0. The monoisotopic (exact) mass is 576 g/mol. The summed E-state index contributed by atoms with van der Waals surface area (Å²) < 4.78 is 5.37. The largest absolute Gasteiger partial charge is 0.417 e. The number of amides is 2. The Morgan fingerprint density at radius 3 is 2.51 bits per heavy atom. The molecule has 1 unspecified atom stereocenters. The van der Waals surface area contributed by atoms with Crippen LogP contribution in [0.2, 0.25) is 0 Å². The Morgan fingerprint density at radius 2 is 1.79 bits per heavy atom. The summed E-state index contributed by atoms with van der Waals surface area (Å²) in [7, 11) is 0. The van der Waals surface area contributed by atoms with Crippen LogP contribution in [0.4, 0.5) is 5.69 Å². The lowest BCUT2D eigenvalue weighted by Gasteiger charge is -2.33. The molecule has 2 heterocycles. The van der Waals surface area contributed by atoms with Crippen LogP contribution in [0.5, 0.6) is 0 Å². The van der Waals surface area contributed by atoms with E-state index in [1.54, 1.807) is 42.7 Å². The number of para-hydroxylation sites is 1. The zero-order valence-electron chi connectivity index (χ0n) is 24.1. The van der Waals surface area contributed by atoms with Gasteiger partial charge >= 0.3 is 5.76 Å². The molecule has 9 heteroatoms. The van der Waals surface area contributed by atoms with Crippen LogP contribution in [0, 0.1) is 0 Å². The molecule has 3 atom stereocenters. The Kier molecular flexibility index (Phi) is 7.19. The third-order valence-electron chi connectivity index (χ3n) is 7.92. The summed E-state index contributed by atoms with van der Waals surface area (Å²) in [6.07, 6.45) is 2.72. The molecule has 2 aromatic heterocycles. The molecule has 3 aromatic carbocycles. The SMILES string of the molecule is CC(C)(C)c1ccc(N(C(=O)c2cccc3[nH]c(=O)oc23)C(C(=O)N[C@@H]2c3ccccc3C[C@@H]2O)c2cccnc2)cc1. The van der Waals surface area contributed by atoms with Crippen LogP contribution in [-0.4, -0.2) is 33.0 Å². The van der Waals surface area contributed by atoms with Gasteiger partial charge in [-0.2, -0.15) is 0 Å². The van der Waals surface area contributed by atoms with Gasteiger partial charge in [0, 0.05) is 30.1 Å². The number of aromatic nitrogens is 2. The van der Waals surface area contributed by atoms with Crippen molar-refractivity contribution >= 4 is 28.6 Å². The molecule has 0 spiro atoms. The molecule has 0 saturated carbocycles. The number of carbonyl (C=O) groups is 2. The van der Waals surface area contributed by atoms with Crippen molar-refractivity contribution in [3.05, 3.63) is 130 Å². The van der Waals surface area contributed by atoms with Gasteiger partial charge in [-0.3, -0.25) is 24.5 Å². The molecular weight excluding hydrogens is 544 g/mol. The number of oxazole rings is 1. The fraction of sp³-hybridized carbons (Fsp3) is 0.235. The maximum Gasteiger partial charge on any atom is 0.417 e. The third-order valence-corrected chi connectivity index (χ3v) is 7.92. The van der Waals surface area contributed by atoms with Crippen molar-refractivity contribution in [1.29, 1.82) is 0 Å². The second-order valence-electron chi connectivity index (χ2n) is 11.8. The zero-order chi connectivity index (χ0) is 30.3. The predicted molar refractivity (Wildman–Crippen MR) is 163 cm³/mol. The van der Waals surface area contributed by atoms with Gasteiger partial charge in [0.15, 0.2) is 5.58 Å². The molecule has 0 radical (unpaired) electrons. The fourth-order valence-corrected chi connectivity index (χ4v) is 5.71. The highest BCUT2D eigenvalue weighted by atomic mass is 16.4. The molecule has 6 rings (SSSR count). The molecule has 2 amide bonds. The molecule has 0 fully saturated rings. The molecule has 1 aliphatic carbocycles. The number of anilines is 1. The van der Waals surface area contributed by atoms with Gasteiger partial charge in [-0.15, -0.1) is 0 Å². The summed E-state index contributed by atoms with van der Waals surface area (Å²) in [4.78, 5) is 49.3. The second-order valence-corrected chi connectivity index (χ2v) is 11.8. The van der Waals surface area contributed by atoms with Crippen LogP contribution >= 0.6 is 0 Å². The van der Waals surface area contributed by atoms with Gasteiger partial charge in [0.05, 0.1) is 23.2 Å². The van der Waals surface area contributed by atoms with Crippen molar-refractivity contribution in [2.45, 2.75) is 50.8 Å². The first-order chi connectivity index (χ1) is 20.6. The van der Waals surface area contributed by atoms with E-state index < -0.39 is 35.8 Å². The lowest BCUT2D eigenvalue weighted by atomic mass is 9.87. The minimum Gasteiger partial charge on any atom is -0.407 e. The molecule has 43 heavy (non-hydrogen) atoms. The summed E-state index contributed by atoms with van der Waals surface area (Å²) in [5.41, 5.74) is 4.21. The van der Waals surface area contributed by atoms with Gasteiger partial charge in [-0.25, -0.2) is 4.79 Å².